The number of nitrogens with one attached hydrogen (secondary N) is 2. The van der Waals surface area contributed by atoms with Crippen LogP contribution in [0.1, 0.15) is 29.5 Å². The van der Waals surface area contributed by atoms with Crippen molar-refractivity contribution in [1.29, 1.82) is 0 Å². The molecule has 4 aromatic carbocycles. The zero-order chi connectivity index (χ0) is 23.3. The van der Waals surface area contributed by atoms with Crippen LogP contribution in [0.2, 0.25) is 5.02 Å². The third-order valence-corrected chi connectivity index (χ3v) is 8.48. The SMILES string of the molecule is O=S(=O)(Nc1cccc2ccccc12)c1ccc2c(c1)[C@@H]1C=CC[C@@H]1[C@H](c1cccc(Cl)c1)N2. The fourth-order valence-electron chi connectivity index (χ4n) is 5.29. The summed E-state index contributed by atoms with van der Waals surface area (Å²) >= 11 is 6.26. The molecule has 0 spiro atoms. The van der Waals surface area contributed by atoms with E-state index in [-0.39, 0.29) is 16.9 Å². The molecule has 170 valence electrons. The first-order valence-electron chi connectivity index (χ1n) is 11.3. The Balaban J connectivity index is 1.36. The van der Waals surface area contributed by atoms with Gasteiger partial charge in [0, 0.05) is 22.0 Å². The quantitative estimate of drug-likeness (QED) is 0.302. The van der Waals surface area contributed by atoms with Crippen molar-refractivity contribution in [3.63, 3.8) is 0 Å². The number of hydrogen-bond acceptors (Lipinski definition) is 3. The number of rotatable bonds is 4. The van der Waals surface area contributed by atoms with E-state index in [1.165, 1.54) is 0 Å². The summed E-state index contributed by atoms with van der Waals surface area (Å²) in [4.78, 5) is 0.265. The number of fused-ring (bicyclic) bond motifs is 4. The number of sulfonamides is 1. The Hall–Kier alpha value is -3.28. The molecule has 0 bridgehead atoms. The largest absolute Gasteiger partial charge is 0.378 e. The van der Waals surface area contributed by atoms with E-state index in [9.17, 15) is 8.42 Å². The van der Waals surface area contributed by atoms with E-state index in [2.05, 4.69) is 28.3 Å². The average molecular weight is 487 g/mol. The summed E-state index contributed by atoms with van der Waals surface area (Å²) in [5.41, 5.74) is 3.69. The fraction of sp³-hybridized carbons (Fsp3) is 0.143. The van der Waals surface area contributed by atoms with E-state index < -0.39 is 10.0 Å². The molecule has 3 atom stereocenters. The van der Waals surface area contributed by atoms with Gasteiger partial charge in [-0.05, 0) is 65.3 Å². The van der Waals surface area contributed by atoms with Crippen molar-refractivity contribution < 1.29 is 8.42 Å². The highest BCUT2D eigenvalue weighted by molar-refractivity contribution is 7.92. The van der Waals surface area contributed by atoms with E-state index >= 15 is 0 Å². The smallest absolute Gasteiger partial charge is 0.261 e. The summed E-state index contributed by atoms with van der Waals surface area (Å²) in [5.74, 6) is 0.447. The van der Waals surface area contributed by atoms with Gasteiger partial charge in [0.1, 0.15) is 0 Å². The normalized spacial score (nSPS) is 21.0. The van der Waals surface area contributed by atoms with E-state index in [0.29, 0.717) is 16.6 Å². The Bertz CT molecular complexity index is 1540. The van der Waals surface area contributed by atoms with Crippen LogP contribution < -0.4 is 10.0 Å². The lowest BCUT2D eigenvalue weighted by Crippen LogP contribution is -2.29. The van der Waals surface area contributed by atoms with Crippen molar-refractivity contribution in [2.24, 2.45) is 5.92 Å². The molecular weight excluding hydrogens is 464 g/mol. The first-order chi connectivity index (χ1) is 16.5. The molecule has 1 heterocycles. The van der Waals surface area contributed by atoms with Gasteiger partial charge < -0.3 is 5.32 Å². The monoisotopic (exact) mass is 486 g/mol. The van der Waals surface area contributed by atoms with Gasteiger partial charge in [0.05, 0.1) is 16.6 Å². The molecule has 0 aromatic heterocycles. The molecule has 2 N–H and O–H groups in total. The average Bonchev–Trinajstić information content (AvgIpc) is 3.34. The van der Waals surface area contributed by atoms with Gasteiger partial charge in [-0.15, -0.1) is 0 Å². The Morgan fingerprint density at radius 2 is 1.74 bits per heavy atom. The van der Waals surface area contributed by atoms with Gasteiger partial charge in [0.15, 0.2) is 0 Å². The highest BCUT2D eigenvalue weighted by atomic mass is 35.5. The first-order valence-corrected chi connectivity index (χ1v) is 13.2. The predicted octanol–water partition coefficient (Wildman–Crippen LogP) is 7.12. The molecule has 1 aliphatic heterocycles. The summed E-state index contributed by atoms with van der Waals surface area (Å²) in [6.07, 6.45) is 5.33. The van der Waals surface area contributed by atoms with Crippen LogP contribution in [-0.4, -0.2) is 8.42 Å². The summed E-state index contributed by atoms with van der Waals surface area (Å²) in [5, 5.41) is 6.23. The third kappa shape index (κ3) is 3.65. The molecule has 0 radical (unpaired) electrons. The number of hydrogen-bond donors (Lipinski definition) is 2. The second-order valence-electron chi connectivity index (χ2n) is 8.91. The Labute approximate surface area is 204 Å². The van der Waals surface area contributed by atoms with Gasteiger partial charge in [-0.25, -0.2) is 8.42 Å². The van der Waals surface area contributed by atoms with Crippen LogP contribution in [-0.2, 0) is 10.0 Å². The molecule has 34 heavy (non-hydrogen) atoms. The molecule has 1 aliphatic carbocycles. The summed E-state index contributed by atoms with van der Waals surface area (Å²) < 4.78 is 29.6. The van der Waals surface area contributed by atoms with Crippen LogP contribution in [0.5, 0.6) is 0 Å². The molecule has 6 rings (SSSR count). The lowest BCUT2D eigenvalue weighted by molar-refractivity contribution is 0.425. The minimum atomic E-state index is -3.76. The number of allylic oxidation sites excluding steroid dienone is 2. The van der Waals surface area contributed by atoms with Crippen molar-refractivity contribution in [2.45, 2.75) is 23.3 Å². The van der Waals surface area contributed by atoms with Crippen LogP contribution in [0.25, 0.3) is 10.8 Å². The second-order valence-corrected chi connectivity index (χ2v) is 11.0. The van der Waals surface area contributed by atoms with Gasteiger partial charge in [-0.3, -0.25) is 4.72 Å². The summed E-state index contributed by atoms with van der Waals surface area (Å²) in [7, 11) is -3.76. The van der Waals surface area contributed by atoms with Crippen LogP contribution in [0.15, 0.2) is 102 Å². The number of anilines is 2. The van der Waals surface area contributed by atoms with Crippen LogP contribution in [0, 0.1) is 5.92 Å². The van der Waals surface area contributed by atoms with Gasteiger partial charge in [-0.2, -0.15) is 0 Å². The number of halogens is 1. The maximum absolute atomic E-state index is 13.4. The minimum absolute atomic E-state index is 0.113. The van der Waals surface area contributed by atoms with Crippen molar-refractivity contribution in [1.82, 2.24) is 0 Å². The molecule has 0 saturated carbocycles. The lowest BCUT2D eigenvalue weighted by Gasteiger charge is -2.37. The molecule has 0 amide bonds. The van der Waals surface area contributed by atoms with E-state index in [1.54, 1.807) is 12.1 Å². The van der Waals surface area contributed by atoms with Crippen LogP contribution in [0.4, 0.5) is 11.4 Å². The molecule has 0 fully saturated rings. The Kier molecular flexibility index (Phi) is 5.12. The van der Waals surface area contributed by atoms with Crippen molar-refractivity contribution in [3.05, 3.63) is 113 Å². The zero-order valence-corrected chi connectivity index (χ0v) is 19.9. The maximum atomic E-state index is 13.4. The van der Waals surface area contributed by atoms with E-state index in [1.807, 2.05) is 66.7 Å². The minimum Gasteiger partial charge on any atom is -0.378 e. The standard InChI is InChI=1S/C28H23ClN2O2S/c29-20-9-3-8-19(16-20)28-24-12-5-11-23(24)25-17-21(14-15-26(25)30-28)34(32,33)31-27-13-4-7-18-6-1-2-10-22(18)27/h1-11,13-17,23-24,28,30-31H,12H2/t23-,24+,28+/m1/s1. The lowest BCUT2D eigenvalue weighted by atomic mass is 9.77. The van der Waals surface area contributed by atoms with Gasteiger partial charge in [0.2, 0.25) is 0 Å². The highest BCUT2D eigenvalue weighted by Gasteiger charge is 2.38. The van der Waals surface area contributed by atoms with Crippen molar-refractivity contribution in [3.8, 4) is 0 Å². The molecule has 4 nitrogen and oxygen atoms in total. The predicted molar refractivity (Wildman–Crippen MR) is 139 cm³/mol. The van der Waals surface area contributed by atoms with Gasteiger partial charge in [-0.1, -0.05) is 72.3 Å². The zero-order valence-electron chi connectivity index (χ0n) is 18.3. The summed E-state index contributed by atoms with van der Waals surface area (Å²) in [6.45, 7) is 0. The summed E-state index contributed by atoms with van der Waals surface area (Å²) in [6, 6.07) is 26.8. The Morgan fingerprint density at radius 3 is 2.62 bits per heavy atom. The third-order valence-electron chi connectivity index (χ3n) is 6.89. The fourth-order valence-corrected chi connectivity index (χ4v) is 6.60. The second kappa shape index (κ2) is 8.19. The van der Waals surface area contributed by atoms with Crippen LogP contribution >= 0.6 is 11.6 Å². The van der Waals surface area contributed by atoms with Crippen LogP contribution in [0.3, 0.4) is 0 Å². The number of benzene rings is 4. The van der Waals surface area contributed by atoms with Gasteiger partial charge in [0.25, 0.3) is 10.0 Å². The highest BCUT2D eigenvalue weighted by Crippen LogP contribution is 2.50. The molecule has 0 unspecified atom stereocenters. The van der Waals surface area contributed by atoms with E-state index in [4.69, 9.17) is 11.6 Å². The maximum Gasteiger partial charge on any atom is 0.261 e. The molecule has 0 saturated heterocycles. The molecule has 6 heteroatoms. The molecule has 4 aromatic rings. The molecule has 2 aliphatic rings. The molecular formula is C28H23ClN2O2S. The Morgan fingerprint density at radius 1 is 0.912 bits per heavy atom. The van der Waals surface area contributed by atoms with Gasteiger partial charge >= 0.3 is 0 Å². The van der Waals surface area contributed by atoms with E-state index in [0.717, 1.165) is 34.0 Å². The first kappa shape index (κ1) is 21.3. The van der Waals surface area contributed by atoms with Crippen molar-refractivity contribution in [2.75, 3.05) is 10.0 Å². The topological polar surface area (TPSA) is 58.2 Å². The van der Waals surface area contributed by atoms with Crippen molar-refractivity contribution >= 4 is 43.8 Å².